The first-order valence-electron chi connectivity index (χ1n) is 7.60. The Morgan fingerprint density at radius 1 is 1.11 bits per heavy atom. The van der Waals surface area contributed by atoms with Crippen molar-refractivity contribution < 1.29 is 23.1 Å². The number of nitrogens with one attached hydrogen (secondary N) is 1. The molecule has 0 aliphatic rings. The fourth-order valence-electron chi connectivity index (χ4n) is 2.26. The van der Waals surface area contributed by atoms with Crippen LogP contribution >= 0.6 is 34.5 Å². The molecule has 0 radical (unpaired) electrons. The van der Waals surface area contributed by atoms with Crippen LogP contribution in [0.15, 0.2) is 36.4 Å². The summed E-state index contributed by atoms with van der Waals surface area (Å²) >= 11 is 13.0. The highest BCUT2D eigenvalue weighted by Gasteiger charge is 2.24. The number of carbonyl (C=O) groups is 2. The van der Waals surface area contributed by atoms with Crippen LogP contribution in [0.2, 0.25) is 10.0 Å². The van der Waals surface area contributed by atoms with E-state index in [2.05, 4.69) is 5.32 Å². The number of benzene rings is 2. The van der Waals surface area contributed by atoms with E-state index in [0.717, 1.165) is 23.5 Å². The molecule has 1 atom stereocenters. The summed E-state index contributed by atoms with van der Waals surface area (Å²) in [5.74, 6) is -2.47. The van der Waals surface area contributed by atoms with Crippen molar-refractivity contribution in [3.05, 3.63) is 63.0 Å². The van der Waals surface area contributed by atoms with Crippen LogP contribution in [-0.2, 0) is 9.53 Å². The van der Waals surface area contributed by atoms with Crippen molar-refractivity contribution in [3.63, 3.8) is 0 Å². The van der Waals surface area contributed by atoms with Gasteiger partial charge in [0.25, 0.3) is 5.91 Å². The van der Waals surface area contributed by atoms with E-state index < -0.39 is 29.6 Å². The number of hydrogen-bond donors (Lipinski definition) is 1. The predicted molar refractivity (Wildman–Crippen MR) is 102 cm³/mol. The molecule has 0 saturated heterocycles. The molecule has 1 heterocycles. The summed E-state index contributed by atoms with van der Waals surface area (Å²) in [5.41, 5.74) is 0.182. The third-order valence-electron chi connectivity index (χ3n) is 3.62. The summed E-state index contributed by atoms with van der Waals surface area (Å²) in [6.07, 6.45) is -1.17. The molecule has 0 fully saturated rings. The minimum absolute atomic E-state index is 0.0106. The minimum atomic E-state index is -1.17. The van der Waals surface area contributed by atoms with E-state index in [-0.39, 0.29) is 20.6 Å². The first kappa shape index (κ1) is 19.5. The molecule has 9 heteroatoms. The third kappa shape index (κ3) is 4.21. The number of hydrogen-bond acceptors (Lipinski definition) is 4. The van der Waals surface area contributed by atoms with E-state index >= 15 is 0 Å². The number of amides is 1. The molecule has 3 rings (SSSR count). The molecule has 0 spiro atoms. The summed E-state index contributed by atoms with van der Waals surface area (Å²) in [5, 5.41) is 3.11. The molecule has 0 aliphatic heterocycles. The van der Waals surface area contributed by atoms with Gasteiger partial charge in [-0.1, -0.05) is 23.2 Å². The van der Waals surface area contributed by atoms with Crippen molar-refractivity contribution in [3.8, 4) is 0 Å². The highest BCUT2D eigenvalue weighted by molar-refractivity contribution is 7.21. The van der Waals surface area contributed by atoms with Crippen LogP contribution < -0.4 is 5.32 Å². The van der Waals surface area contributed by atoms with E-state index in [9.17, 15) is 18.4 Å². The van der Waals surface area contributed by atoms with Crippen molar-refractivity contribution in [1.29, 1.82) is 0 Å². The molecule has 3 aromatic rings. The fourth-order valence-corrected chi connectivity index (χ4v) is 3.89. The lowest BCUT2D eigenvalue weighted by atomic mass is 10.2. The van der Waals surface area contributed by atoms with Crippen LogP contribution in [0.1, 0.15) is 16.6 Å². The molecular weight excluding hydrogens is 419 g/mol. The highest BCUT2D eigenvalue weighted by Crippen LogP contribution is 2.36. The average Bonchev–Trinajstić information content (AvgIpc) is 2.93. The minimum Gasteiger partial charge on any atom is -0.448 e. The first-order chi connectivity index (χ1) is 12.8. The van der Waals surface area contributed by atoms with E-state index in [1.165, 1.54) is 31.2 Å². The van der Waals surface area contributed by atoms with Gasteiger partial charge in [0.1, 0.15) is 16.5 Å². The van der Waals surface area contributed by atoms with Crippen LogP contribution in [-0.4, -0.2) is 18.0 Å². The predicted octanol–water partition coefficient (Wildman–Crippen LogP) is 5.67. The second-order valence-electron chi connectivity index (χ2n) is 5.55. The van der Waals surface area contributed by atoms with Crippen LogP contribution in [0, 0.1) is 11.6 Å². The Labute approximate surface area is 166 Å². The fraction of sp³-hybridized carbons (Fsp3) is 0.111. The molecule has 0 bridgehead atoms. The van der Waals surface area contributed by atoms with Crippen LogP contribution in [0.5, 0.6) is 0 Å². The van der Waals surface area contributed by atoms with Crippen LogP contribution in [0.25, 0.3) is 10.1 Å². The van der Waals surface area contributed by atoms with Gasteiger partial charge in [0.15, 0.2) is 6.10 Å². The molecule has 2 aromatic carbocycles. The molecule has 1 aromatic heterocycles. The molecule has 4 nitrogen and oxygen atoms in total. The topological polar surface area (TPSA) is 55.4 Å². The Morgan fingerprint density at radius 3 is 2.48 bits per heavy atom. The average molecular weight is 430 g/mol. The quantitative estimate of drug-likeness (QED) is 0.543. The lowest BCUT2D eigenvalue weighted by Gasteiger charge is -2.14. The molecule has 27 heavy (non-hydrogen) atoms. The number of halogens is 4. The normalized spacial score (nSPS) is 12.0. The summed E-state index contributed by atoms with van der Waals surface area (Å²) in [6.45, 7) is 1.37. The van der Waals surface area contributed by atoms with Gasteiger partial charge in [0.2, 0.25) is 0 Å². The van der Waals surface area contributed by atoms with Crippen LogP contribution in [0.3, 0.4) is 0 Å². The van der Waals surface area contributed by atoms with Gasteiger partial charge < -0.3 is 10.1 Å². The highest BCUT2D eigenvalue weighted by atomic mass is 35.5. The zero-order valence-corrected chi connectivity index (χ0v) is 16.0. The number of fused-ring (bicyclic) bond motifs is 1. The Hall–Kier alpha value is -2.22. The number of esters is 1. The zero-order chi connectivity index (χ0) is 19.7. The maximum absolute atomic E-state index is 13.3. The summed E-state index contributed by atoms with van der Waals surface area (Å²) < 4.78 is 32.0. The van der Waals surface area contributed by atoms with Gasteiger partial charge in [-0.05, 0) is 43.3 Å². The third-order valence-corrected chi connectivity index (χ3v) is 5.57. The standard InChI is InChI=1S/C18H11Cl2F2NO3S/c1-8(17(24)23-13-5-3-9(21)6-12(13)19)26-18(25)16-15(20)11-4-2-10(22)7-14(11)27-16/h2-8H,1H3,(H,23,24)/t8-/m0/s1. The summed E-state index contributed by atoms with van der Waals surface area (Å²) in [6, 6.07) is 7.43. The second kappa shape index (κ2) is 7.80. The van der Waals surface area contributed by atoms with Gasteiger partial charge in [0, 0.05) is 10.1 Å². The van der Waals surface area contributed by atoms with Gasteiger partial charge in [-0.2, -0.15) is 0 Å². The van der Waals surface area contributed by atoms with Crippen LogP contribution in [0.4, 0.5) is 14.5 Å². The SMILES string of the molecule is C[C@H](OC(=O)c1sc2cc(F)ccc2c1Cl)C(=O)Nc1ccc(F)cc1Cl. The number of thiophene rings is 1. The monoisotopic (exact) mass is 429 g/mol. The molecule has 140 valence electrons. The Morgan fingerprint density at radius 2 is 1.78 bits per heavy atom. The lowest BCUT2D eigenvalue weighted by molar-refractivity contribution is -0.123. The summed E-state index contributed by atoms with van der Waals surface area (Å²) in [4.78, 5) is 24.6. The number of ether oxygens (including phenoxy) is 1. The number of carbonyl (C=O) groups excluding carboxylic acids is 2. The van der Waals surface area contributed by atoms with Crippen molar-refractivity contribution in [2.45, 2.75) is 13.0 Å². The van der Waals surface area contributed by atoms with Gasteiger partial charge in [-0.3, -0.25) is 4.79 Å². The van der Waals surface area contributed by atoms with E-state index in [1.807, 2.05) is 0 Å². The zero-order valence-electron chi connectivity index (χ0n) is 13.7. The van der Waals surface area contributed by atoms with Crippen molar-refractivity contribution in [1.82, 2.24) is 0 Å². The molecule has 1 N–H and O–H groups in total. The van der Waals surface area contributed by atoms with Gasteiger partial charge in [-0.15, -0.1) is 11.3 Å². The molecule has 0 unspecified atom stereocenters. The van der Waals surface area contributed by atoms with Gasteiger partial charge >= 0.3 is 5.97 Å². The van der Waals surface area contributed by atoms with E-state index in [4.69, 9.17) is 27.9 Å². The Balaban J connectivity index is 1.73. The molecular formula is C18H11Cl2F2NO3S. The second-order valence-corrected chi connectivity index (χ2v) is 7.38. The maximum Gasteiger partial charge on any atom is 0.350 e. The lowest BCUT2D eigenvalue weighted by Crippen LogP contribution is -2.30. The Bertz CT molecular complexity index is 1050. The van der Waals surface area contributed by atoms with Crippen molar-refractivity contribution >= 4 is 62.2 Å². The largest absolute Gasteiger partial charge is 0.448 e. The first-order valence-corrected chi connectivity index (χ1v) is 9.18. The Kier molecular flexibility index (Phi) is 5.64. The van der Waals surface area contributed by atoms with Gasteiger partial charge in [0.05, 0.1) is 15.7 Å². The smallest absolute Gasteiger partial charge is 0.350 e. The number of anilines is 1. The molecule has 0 aliphatic carbocycles. The van der Waals surface area contributed by atoms with Crippen molar-refractivity contribution in [2.24, 2.45) is 0 Å². The number of rotatable bonds is 4. The van der Waals surface area contributed by atoms with E-state index in [1.54, 1.807) is 0 Å². The van der Waals surface area contributed by atoms with E-state index in [0.29, 0.717) is 10.1 Å². The van der Waals surface area contributed by atoms with Crippen molar-refractivity contribution in [2.75, 3.05) is 5.32 Å². The molecule has 1 amide bonds. The summed E-state index contributed by atoms with van der Waals surface area (Å²) in [7, 11) is 0. The maximum atomic E-state index is 13.3. The molecule has 0 saturated carbocycles. The van der Waals surface area contributed by atoms with Gasteiger partial charge in [-0.25, -0.2) is 13.6 Å².